The van der Waals surface area contributed by atoms with E-state index in [4.69, 9.17) is 0 Å². The van der Waals surface area contributed by atoms with Crippen molar-refractivity contribution in [1.29, 1.82) is 5.26 Å². The molecule has 21 heavy (non-hydrogen) atoms. The van der Waals surface area contributed by atoms with Gasteiger partial charge in [0.05, 0.1) is 6.07 Å². The van der Waals surface area contributed by atoms with Crippen LogP contribution in [0.4, 0.5) is 10.1 Å². The normalized spacial score (nSPS) is 12.8. The van der Waals surface area contributed by atoms with E-state index in [0.29, 0.717) is 5.69 Å². The fourth-order valence-corrected chi connectivity index (χ4v) is 3.13. The molecule has 1 atom stereocenters. The zero-order valence-electron chi connectivity index (χ0n) is 12.7. The van der Waals surface area contributed by atoms with Gasteiger partial charge >= 0.3 is 0 Å². The van der Waals surface area contributed by atoms with Crippen molar-refractivity contribution in [2.24, 2.45) is 0 Å². The molecule has 1 heterocycles. The quantitative estimate of drug-likeness (QED) is 0.849. The SMILES string of the molecule is Cc1cc(F)cc(NC(C#N)c2ccc(C(C)(C)C)s2)c1. The largest absolute Gasteiger partial charge is 0.365 e. The highest BCUT2D eigenvalue weighted by Crippen LogP contribution is 2.33. The second-order valence-corrected chi connectivity index (χ2v) is 7.29. The molecule has 110 valence electrons. The molecule has 1 N–H and O–H groups in total. The number of anilines is 1. The summed E-state index contributed by atoms with van der Waals surface area (Å²) >= 11 is 1.62. The first-order valence-electron chi connectivity index (χ1n) is 6.83. The van der Waals surface area contributed by atoms with Crippen LogP contribution in [0.1, 0.15) is 42.1 Å². The molecule has 0 aliphatic rings. The van der Waals surface area contributed by atoms with E-state index in [0.717, 1.165) is 10.4 Å². The van der Waals surface area contributed by atoms with Crippen molar-refractivity contribution in [1.82, 2.24) is 0 Å². The fraction of sp³-hybridized carbons (Fsp3) is 0.353. The first kappa shape index (κ1) is 15.5. The molecule has 0 saturated carbocycles. The van der Waals surface area contributed by atoms with Crippen LogP contribution in [-0.2, 0) is 5.41 Å². The zero-order valence-corrected chi connectivity index (χ0v) is 13.5. The third-order valence-electron chi connectivity index (χ3n) is 3.13. The molecule has 0 radical (unpaired) electrons. The van der Waals surface area contributed by atoms with Gasteiger partial charge < -0.3 is 5.32 Å². The molecule has 2 nitrogen and oxygen atoms in total. The average molecular weight is 302 g/mol. The van der Waals surface area contributed by atoms with E-state index in [2.05, 4.69) is 38.2 Å². The van der Waals surface area contributed by atoms with Gasteiger partial charge in [0.25, 0.3) is 0 Å². The Kier molecular flexibility index (Phi) is 4.34. The van der Waals surface area contributed by atoms with Crippen molar-refractivity contribution in [3.05, 3.63) is 51.5 Å². The molecule has 1 aromatic heterocycles. The van der Waals surface area contributed by atoms with Crippen molar-refractivity contribution in [2.75, 3.05) is 5.32 Å². The maximum absolute atomic E-state index is 13.4. The van der Waals surface area contributed by atoms with Crippen LogP contribution in [0.5, 0.6) is 0 Å². The first-order valence-corrected chi connectivity index (χ1v) is 7.65. The van der Waals surface area contributed by atoms with Crippen molar-refractivity contribution in [2.45, 2.75) is 39.2 Å². The second kappa shape index (κ2) is 5.87. The zero-order chi connectivity index (χ0) is 15.6. The summed E-state index contributed by atoms with van der Waals surface area (Å²) in [7, 11) is 0. The molecule has 0 amide bonds. The lowest BCUT2D eigenvalue weighted by Gasteiger charge is -2.16. The van der Waals surface area contributed by atoms with E-state index >= 15 is 0 Å². The predicted molar refractivity (Wildman–Crippen MR) is 86.1 cm³/mol. The first-order chi connectivity index (χ1) is 9.79. The minimum Gasteiger partial charge on any atom is -0.365 e. The van der Waals surface area contributed by atoms with Crippen LogP contribution in [0.3, 0.4) is 0 Å². The molecule has 0 bridgehead atoms. The standard InChI is InChI=1S/C17H19FN2S/c1-11-7-12(18)9-13(8-11)20-14(10-19)15-5-6-16(21-15)17(2,3)4/h5-9,14,20H,1-4H3. The van der Waals surface area contributed by atoms with Crippen LogP contribution in [0, 0.1) is 24.1 Å². The third-order valence-corrected chi connectivity index (χ3v) is 4.71. The second-order valence-electron chi connectivity index (χ2n) is 6.18. The van der Waals surface area contributed by atoms with E-state index in [1.165, 1.54) is 17.0 Å². The van der Waals surface area contributed by atoms with Crippen LogP contribution in [0.25, 0.3) is 0 Å². The summed E-state index contributed by atoms with van der Waals surface area (Å²) in [5, 5.41) is 12.5. The topological polar surface area (TPSA) is 35.8 Å². The molecule has 0 fully saturated rings. The Labute approximate surface area is 129 Å². The summed E-state index contributed by atoms with van der Waals surface area (Å²) in [6.07, 6.45) is 0. The summed E-state index contributed by atoms with van der Waals surface area (Å²) in [4.78, 5) is 2.18. The Morgan fingerprint density at radius 2 is 1.95 bits per heavy atom. The highest BCUT2D eigenvalue weighted by molar-refractivity contribution is 7.12. The number of aryl methyl sites for hydroxylation is 1. The summed E-state index contributed by atoms with van der Waals surface area (Å²) in [5.74, 6) is -0.296. The molecule has 4 heteroatoms. The van der Waals surface area contributed by atoms with Gasteiger partial charge in [0.2, 0.25) is 0 Å². The molecule has 0 aliphatic carbocycles. The number of thiophene rings is 1. The monoisotopic (exact) mass is 302 g/mol. The minimum absolute atomic E-state index is 0.0678. The number of hydrogen-bond acceptors (Lipinski definition) is 3. The van der Waals surface area contributed by atoms with Gasteiger partial charge in [0, 0.05) is 15.4 Å². The van der Waals surface area contributed by atoms with E-state index in [9.17, 15) is 9.65 Å². The Bertz CT molecular complexity index is 657. The average Bonchev–Trinajstić information content (AvgIpc) is 2.84. The molecular formula is C17H19FN2S. The highest BCUT2D eigenvalue weighted by atomic mass is 32.1. The van der Waals surface area contributed by atoms with Gasteiger partial charge in [-0.05, 0) is 48.2 Å². The van der Waals surface area contributed by atoms with Crippen LogP contribution in [0.15, 0.2) is 30.3 Å². The summed E-state index contributed by atoms with van der Waals surface area (Å²) in [5.41, 5.74) is 1.53. The van der Waals surface area contributed by atoms with Crippen LogP contribution in [0.2, 0.25) is 0 Å². The van der Waals surface area contributed by atoms with Crippen molar-refractivity contribution in [3.8, 4) is 6.07 Å². The highest BCUT2D eigenvalue weighted by Gasteiger charge is 2.19. The van der Waals surface area contributed by atoms with Gasteiger partial charge in [-0.2, -0.15) is 5.26 Å². The summed E-state index contributed by atoms with van der Waals surface area (Å²) < 4.78 is 13.4. The number of hydrogen-bond donors (Lipinski definition) is 1. The fourth-order valence-electron chi connectivity index (χ4n) is 2.06. The molecule has 0 aliphatic heterocycles. The lowest BCUT2D eigenvalue weighted by atomic mass is 9.95. The van der Waals surface area contributed by atoms with Crippen molar-refractivity contribution >= 4 is 17.0 Å². The summed E-state index contributed by atoms with van der Waals surface area (Å²) in [6, 6.07) is 10.5. The maximum atomic E-state index is 13.4. The van der Waals surface area contributed by atoms with E-state index in [1.807, 2.05) is 19.1 Å². The molecule has 1 unspecified atom stereocenters. The molecular weight excluding hydrogens is 283 g/mol. The van der Waals surface area contributed by atoms with Gasteiger partial charge in [-0.3, -0.25) is 0 Å². The van der Waals surface area contributed by atoms with Crippen molar-refractivity contribution < 1.29 is 4.39 Å². The lowest BCUT2D eigenvalue weighted by molar-refractivity contribution is 0.604. The maximum Gasteiger partial charge on any atom is 0.149 e. The van der Waals surface area contributed by atoms with Gasteiger partial charge in [-0.15, -0.1) is 11.3 Å². The minimum atomic E-state index is -0.465. The van der Waals surface area contributed by atoms with Gasteiger partial charge in [-0.1, -0.05) is 20.8 Å². The number of halogens is 1. The third kappa shape index (κ3) is 3.83. The molecule has 2 rings (SSSR count). The number of nitriles is 1. The molecule has 0 spiro atoms. The van der Waals surface area contributed by atoms with E-state index in [1.54, 1.807) is 11.3 Å². The molecule has 1 aromatic carbocycles. The van der Waals surface area contributed by atoms with Crippen LogP contribution < -0.4 is 5.32 Å². The Hall–Kier alpha value is -1.86. The van der Waals surface area contributed by atoms with Gasteiger partial charge in [-0.25, -0.2) is 4.39 Å². The summed E-state index contributed by atoms with van der Waals surface area (Å²) in [6.45, 7) is 8.27. The Balaban J connectivity index is 2.24. The number of rotatable bonds is 3. The van der Waals surface area contributed by atoms with Crippen LogP contribution >= 0.6 is 11.3 Å². The predicted octanol–water partition coefficient (Wildman–Crippen LogP) is 5.17. The van der Waals surface area contributed by atoms with Crippen LogP contribution in [-0.4, -0.2) is 0 Å². The number of nitrogens with one attached hydrogen (secondary N) is 1. The smallest absolute Gasteiger partial charge is 0.149 e. The van der Waals surface area contributed by atoms with Crippen molar-refractivity contribution in [3.63, 3.8) is 0 Å². The number of nitrogens with zero attached hydrogens (tertiary/aromatic N) is 1. The molecule has 0 saturated heterocycles. The van der Waals surface area contributed by atoms with E-state index < -0.39 is 6.04 Å². The van der Waals surface area contributed by atoms with Gasteiger partial charge in [0.15, 0.2) is 0 Å². The lowest BCUT2D eigenvalue weighted by Crippen LogP contribution is -2.09. The van der Waals surface area contributed by atoms with E-state index in [-0.39, 0.29) is 11.2 Å². The Morgan fingerprint density at radius 1 is 1.24 bits per heavy atom. The molecule has 2 aromatic rings. The number of benzene rings is 1. The Morgan fingerprint density at radius 3 is 2.48 bits per heavy atom. The van der Waals surface area contributed by atoms with Gasteiger partial charge in [0.1, 0.15) is 11.9 Å².